The van der Waals surface area contributed by atoms with Gasteiger partial charge in [-0.15, -0.1) is 10.2 Å². The first kappa shape index (κ1) is 20.0. The highest BCUT2D eigenvalue weighted by atomic mass is 79.9. The first-order valence-corrected chi connectivity index (χ1v) is 11.6. The number of sulfonamides is 1. The monoisotopic (exact) mass is 478 g/mol. The van der Waals surface area contributed by atoms with E-state index in [1.165, 1.54) is 24.3 Å². The maximum absolute atomic E-state index is 14.6. The summed E-state index contributed by atoms with van der Waals surface area (Å²) < 4.78 is 45.4. The van der Waals surface area contributed by atoms with Crippen LogP contribution in [0.5, 0.6) is 0 Å². The Kier molecular flexibility index (Phi) is 5.44. The number of nitrogens with one attached hydrogen (secondary N) is 1. The van der Waals surface area contributed by atoms with Crippen molar-refractivity contribution in [3.8, 4) is 11.4 Å². The molecule has 0 saturated carbocycles. The normalized spacial score (nSPS) is 14.3. The molecule has 4 rings (SSSR count). The van der Waals surface area contributed by atoms with Gasteiger partial charge in [0.05, 0.1) is 10.5 Å². The molecule has 1 N–H and O–H groups in total. The van der Waals surface area contributed by atoms with Crippen LogP contribution in [0.25, 0.3) is 11.4 Å². The van der Waals surface area contributed by atoms with E-state index in [4.69, 9.17) is 0 Å². The summed E-state index contributed by atoms with van der Waals surface area (Å²) in [5.41, 5.74) is 1.31. The third-order valence-corrected chi connectivity index (χ3v) is 7.28. The van der Waals surface area contributed by atoms with Gasteiger partial charge in [-0.25, -0.2) is 12.8 Å². The molecule has 0 radical (unpaired) electrons. The number of nitrogens with zero attached hydrogens (tertiary/aromatic N) is 3. The smallest absolute Gasteiger partial charge is 0.261 e. The van der Waals surface area contributed by atoms with Gasteiger partial charge in [0.1, 0.15) is 11.6 Å². The average molecular weight is 479 g/mol. The second kappa shape index (κ2) is 7.87. The number of anilines is 1. The average Bonchev–Trinajstić information content (AvgIpc) is 2.93. The molecule has 6 nitrogen and oxygen atoms in total. The van der Waals surface area contributed by atoms with Gasteiger partial charge in [0, 0.05) is 23.1 Å². The van der Waals surface area contributed by atoms with Gasteiger partial charge in [0.25, 0.3) is 10.0 Å². The maximum Gasteiger partial charge on any atom is 0.261 e. The maximum atomic E-state index is 14.6. The summed E-state index contributed by atoms with van der Waals surface area (Å²) >= 11 is 3.37. The molecule has 0 saturated heterocycles. The van der Waals surface area contributed by atoms with Crippen LogP contribution in [0.15, 0.2) is 45.8 Å². The van der Waals surface area contributed by atoms with Crippen molar-refractivity contribution in [3.05, 3.63) is 58.1 Å². The molecule has 0 unspecified atom stereocenters. The summed E-state index contributed by atoms with van der Waals surface area (Å²) in [5.74, 6) is 0.806. The molecule has 0 fully saturated rings. The number of hydrogen-bond donors (Lipinski definition) is 1. The summed E-state index contributed by atoms with van der Waals surface area (Å²) in [6.45, 7) is 2.54. The van der Waals surface area contributed by atoms with Gasteiger partial charge in [-0.2, -0.15) is 0 Å². The molecule has 0 atom stereocenters. The molecule has 29 heavy (non-hydrogen) atoms. The molecule has 0 bridgehead atoms. The molecule has 0 aliphatic carbocycles. The highest BCUT2D eigenvalue weighted by Gasteiger charge is 2.21. The van der Waals surface area contributed by atoms with Crippen LogP contribution in [0.3, 0.4) is 0 Å². The zero-order chi connectivity index (χ0) is 20.6. The van der Waals surface area contributed by atoms with Crippen molar-refractivity contribution in [2.24, 2.45) is 0 Å². The molecule has 2 heterocycles. The highest BCUT2D eigenvalue weighted by molar-refractivity contribution is 9.10. The van der Waals surface area contributed by atoms with Gasteiger partial charge in [-0.3, -0.25) is 4.72 Å². The van der Waals surface area contributed by atoms with Crippen molar-refractivity contribution in [1.82, 2.24) is 14.8 Å². The molecule has 1 aromatic heterocycles. The fraction of sp³-hybridized carbons (Fsp3) is 0.300. The number of benzene rings is 2. The van der Waals surface area contributed by atoms with Crippen LogP contribution in [0, 0.1) is 12.7 Å². The lowest BCUT2D eigenvalue weighted by molar-refractivity contribution is 0.600. The van der Waals surface area contributed by atoms with Crippen LogP contribution in [0.1, 0.15) is 30.7 Å². The summed E-state index contributed by atoms with van der Waals surface area (Å²) in [7, 11) is -3.81. The van der Waals surface area contributed by atoms with Crippen LogP contribution < -0.4 is 4.72 Å². The van der Waals surface area contributed by atoms with Crippen molar-refractivity contribution in [1.29, 1.82) is 0 Å². The van der Waals surface area contributed by atoms with Crippen molar-refractivity contribution >= 4 is 31.6 Å². The molecule has 0 spiro atoms. The number of halogens is 2. The van der Waals surface area contributed by atoms with E-state index in [-0.39, 0.29) is 16.1 Å². The molecule has 9 heteroatoms. The molecule has 152 valence electrons. The van der Waals surface area contributed by atoms with Gasteiger partial charge >= 0.3 is 0 Å². The van der Waals surface area contributed by atoms with Gasteiger partial charge in [0.2, 0.25) is 0 Å². The lowest BCUT2D eigenvalue weighted by atomic mass is 10.1. The van der Waals surface area contributed by atoms with Crippen molar-refractivity contribution in [2.75, 3.05) is 4.72 Å². The second-order valence-electron chi connectivity index (χ2n) is 7.11. The zero-order valence-electron chi connectivity index (χ0n) is 15.8. The minimum absolute atomic E-state index is 0.139. The minimum atomic E-state index is -3.81. The molecule has 2 aromatic carbocycles. The second-order valence-corrected chi connectivity index (χ2v) is 9.65. The molecule has 1 aliphatic rings. The number of aryl methyl sites for hydroxylation is 2. The number of rotatable bonds is 4. The summed E-state index contributed by atoms with van der Waals surface area (Å²) in [4.78, 5) is 0.139. The van der Waals surface area contributed by atoms with E-state index in [1.807, 2.05) is 11.5 Å². The zero-order valence-corrected chi connectivity index (χ0v) is 18.2. The molecular formula is C20H20BrFN4O2S. The summed E-state index contributed by atoms with van der Waals surface area (Å²) in [5, 5.41) is 8.39. The Balaban J connectivity index is 1.69. The Morgan fingerprint density at radius 2 is 1.93 bits per heavy atom. The van der Waals surface area contributed by atoms with Gasteiger partial charge in [-0.1, -0.05) is 22.4 Å². The lowest BCUT2D eigenvalue weighted by Crippen LogP contribution is -2.13. The Hall–Kier alpha value is -2.26. The first-order chi connectivity index (χ1) is 13.8. The van der Waals surface area contributed by atoms with Gasteiger partial charge in [-0.05, 0) is 61.7 Å². The molecule has 0 amide bonds. The third-order valence-electron chi connectivity index (χ3n) is 5.01. The predicted octanol–water partition coefficient (Wildman–Crippen LogP) is 4.68. The van der Waals surface area contributed by atoms with E-state index in [0.29, 0.717) is 5.82 Å². The van der Waals surface area contributed by atoms with Crippen molar-refractivity contribution < 1.29 is 12.8 Å². The largest absolute Gasteiger partial charge is 0.311 e. The van der Waals surface area contributed by atoms with Crippen LogP contribution in [0.4, 0.5) is 10.1 Å². The van der Waals surface area contributed by atoms with Crippen LogP contribution in [0.2, 0.25) is 0 Å². The van der Waals surface area contributed by atoms with E-state index in [9.17, 15) is 12.8 Å². The summed E-state index contributed by atoms with van der Waals surface area (Å²) in [6.07, 6.45) is 3.92. The molecule has 3 aromatic rings. The van der Waals surface area contributed by atoms with Gasteiger partial charge in [0.15, 0.2) is 5.82 Å². The number of hydrogen-bond acceptors (Lipinski definition) is 4. The highest BCUT2D eigenvalue weighted by Crippen LogP contribution is 2.29. The van der Waals surface area contributed by atoms with E-state index in [2.05, 4.69) is 30.8 Å². The van der Waals surface area contributed by atoms with Gasteiger partial charge < -0.3 is 4.57 Å². The number of fused-ring (bicyclic) bond motifs is 1. The first-order valence-electron chi connectivity index (χ1n) is 9.36. The topological polar surface area (TPSA) is 76.9 Å². The Bertz CT molecular complexity index is 1180. The Labute approximate surface area is 177 Å². The fourth-order valence-corrected chi connectivity index (χ4v) is 4.82. The van der Waals surface area contributed by atoms with Crippen molar-refractivity contribution in [2.45, 2.75) is 44.0 Å². The standard InChI is InChI=1S/C20H20BrFN4O2S/c1-13-11-15(7-8-17(13)21)29(27,28)25-14-6-9-18(22)16(12-14)20-24-23-19-5-3-2-4-10-26(19)20/h6-9,11-12,25H,2-5,10H2,1H3. The number of aromatic nitrogens is 3. The lowest BCUT2D eigenvalue weighted by Gasteiger charge is -2.12. The van der Waals surface area contributed by atoms with Crippen LogP contribution in [-0.2, 0) is 23.0 Å². The van der Waals surface area contributed by atoms with Crippen LogP contribution >= 0.6 is 15.9 Å². The van der Waals surface area contributed by atoms with E-state index in [1.54, 1.807) is 12.1 Å². The third kappa shape index (κ3) is 4.06. The molecular weight excluding hydrogens is 459 g/mol. The van der Waals surface area contributed by atoms with Crippen molar-refractivity contribution in [3.63, 3.8) is 0 Å². The van der Waals surface area contributed by atoms with E-state index >= 15 is 0 Å². The fourth-order valence-electron chi connectivity index (χ4n) is 3.44. The Morgan fingerprint density at radius 3 is 2.72 bits per heavy atom. The van der Waals surface area contributed by atoms with E-state index in [0.717, 1.165) is 48.1 Å². The van der Waals surface area contributed by atoms with Crippen LogP contribution in [-0.4, -0.2) is 23.2 Å². The summed E-state index contributed by atoms with van der Waals surface area (Å²) in [6, 6.07) is 8.91. The predicted molar refractivity (Wildman–Crippen MR) is 113 cm³/mol. The Morgan fingerprint density at radius 1 is 1.10 bits per heavy atom. The quantitative estimate of drug-likeness (QED) is 0.590. The minimum Gasteiger partial charge on any atom is -0.311 e. The molecule has 1 aliphatic heterocycles. The SMILES string of the molecule is Cc1cc(S(=O)(=O)Nc2ccc(F)c(-c3nnc4n3CCCCC4)c2)ccc1Br. The van der Waals surface area contributed by atoms with E-state index < -0.39 is 15.8 Å².